The van der Waals surface area contributed by atoms with Crippen molar-refractivity contribution in [2.75, 3.05) is 0 Å². The van der Waals surface area contributed by atoms with Crippen molar-refractivity contribution in [3.8, 4) is 12.8 Å². The predicted molar refractivity (Wildman–Crippen MR) is 57.6 cm³/mol. The van der Waals surface area contributed by atoms with Crippen LogP contribution in [0.5, 0.6) is 0 Å². The van der Waals surface area contributed by atoms with Crippen LogP contribution >= 0.6 is 0 Å². The van der Waals surface area contributed by atoms with Gasteiger partial charge in [-0.05, 0) is 12.8 Å². The molecule has 0 fully saturated rings. The van der Waals surface area contributed by atoms with Gasteiger partial charge in [0.25, 0.3) is 0 Å². The first-order valence-electron chi connectivity index (χ1n) is 4.05. The van der Waals surface area contributed by atoms with Crippen LogP contribution in [0.1, 0.15) is 41.5 Å². The summed E-state index contributed by atoms with van der Waals surface area (Å²) in [5.74, 6) is 0.833. The maximum absolute atomic E-state index is 4.00. The van der Waals surface area contributed by atoms with E-state index in [1.807, 2.05) is 20.8 Å². The highest BCUT2D eigenvalue weighted by atomic mass is 13.7. The molecule has 0 saturated heterocycles. The second kappa shape index (κ2) is 58.8. The molecule has 0 heteroatoms. The van der Waals surface area contributed by atoms with Crippen LogP contribution in [-0.4, -0.2) is 0 Å². The maximum atomic E-state index is 4.00. The molecule has 0 spiro atoms. The Morgan fingerprint density at radius 1 is 1.09 bits per heavy atom. The molecule has 0 heterocycles. The van der Waals surface area contributed by atoms with Crippen LogP contribution in [0.25, 0.3) is 0 Å². The quantitative estimate of drug-likeness (QED) is 0.365. The van der Waals surface area contributed by atoms with Gasteiger partial charge in [0.1, 0.15) is 0 Å². The van der Waals surface area contributed by atoms with Crippen molar-refractivity contribution < 1.29 is 0 Å². The number of terminal acetylenes is 1. The van der Waals surface area contributed by atoms with Crippen LogP contribution in [-0.2, 0) is 0 Å². The Balaban J connectivity index is -0.0000000315. The second-order valence-electron chi connectivity index (χ2n) is 2.14. The highest BCUT2D eigenvalue weighted by Crippen LogP contribution is 1.81. The van der Waals surface area contributed by atoms with Gasteiger partial charge in [-0.2, -0.15) is 0 Å². The molecule has 0 aromatic carbocycles. The lowest BCUT2D eigenvalue weighted by molar-refractivity contribution is 0.737. The SMILES string of the molecule is C#C.C=CC.CC.CC(C)C. The molecule has 0 unspecified atom stereocenters. The van der Waals surface area contributed by atoms with E-state index < -0.39 is 0 Å². The van der Waals surface area contributed by atoms with Gasteiger partial charge in [0.05, 0.1) is 0 Å². The van der Waals surface area contributed by atoms with Gasteiger partial charge in [-0.3, -0.25) is 0 Å². The maximum Gasteiger partial charge on any atom is -0.0473 e. The minimum absolute atomic E-state index is 0.833. The zero-order valence-corrected chi connectivity index (χ0v) is 9.02. The molecule has 0 bridgehead atoms. The molecular weight excluding hydrogens is 132 g/mol. The average Bonchev–Trinajstić information content (AvgIpc) is 1.96. The van der Waals surface area contributed by atoms with Gasteiger partial charge in [-0.1, -0.05) is 40.7 Å². The topological polar surface area (TPSA) is 0 Å². The van der Waals surface area contributed by atoms with Crippen molar-refractivity contribution in [2.24, 2.45) is 5.92 Å². The third kappa shape index (κ3) is 1010. The monoisotopic (exact) mass is 156 g/mol. The van der Waals surface area contributed by atoms with E-state index in [4.69, 9.17) is 0 Å². The van der Waals surface area contributed by atoms with Crippen LogP contribution in [0.15, 0.2) is 12.7 Å². The Morgan fingerprint density at radius 2 is 1.09 bits per heavy atom. The van der Waals surface area contributed by atoms with Gasteiger partial charge in [0.15, 0.2) is 0 Å². The molecule has 0 aliphatic heterocycles. The first-order chi connectivity index (χ1) is 5.15. The standard InChI is InChI=1S/C4H10.C3H6.C2H6.C2H2/c1-4(2)3;1-3-2;2*1-2/h4H,1-3H3;3H,1H2,2H3;1-2H3;1-2H. The molecule has 0 amide bonds. The Kier molecular flexibility index (Phi) is 120. The van der Waals surface area contributed by atoms with Crippen LogP contribution in [0.4, 0.5) is 0 Å². The van der Waals surface area contributed by atoms with Crippen molar-refractivity contribution in [2.45, 2.75) is 41.5 Å². The summed E-state index contributed by atoms with van der Waals surface area (Å²) in [4.78, 5) is 0. The van der Waals surface area contributed by atoms with Crippen LogP contribution in [0.3, 0.4) is 0 Å². The Bertz CT molecular complexity index is 45.5. The van der Waals surface area contributed by atoms with E-state index in [9.17, 15) is 0 Å². The summed E-state index contributed by atoms with van der Waals surface area (Å²) in [5.41, 5.74) is 0. The highest BCUT2D eigenvalue weighted by Gasteiger charge is 1.68. The van der Waals surface area contributed by atoms with E-state index >= 15 is 0 Å². The smallest absolute Gasteiger partial charge is 0.0473 e. The van der Waals surface area contributed by atoms with Gasteiger partial charge >= 0.3 is 0 Å². The minimum atomic E-state index is 0.833. The fourth-order valence-electron chi connectivity index (χ4n) is 0. The molecule has 0 aromatic heterocycles. The lowest BCUT2D eigenvalue weighted by Gasteiger charge is -1.79. The predicted octanol–water partition coefficient (Wildman–Crippen LogP) is 4.13. The third-order valence-electron chi connectivity index (χ3n) is 0. The zero-order chi connectivity index (χ0) is 10.3. The molecule has 11 heavy (non-hydrogen) atoms. The molecule has 0 rings (SSSR count). The first-order valence-corrected chi connectivity index (χ1v) is 4.05. The lowest BCUT2D eigenvalue weighted by Crippen LogP contribution is -1.66. The normalized spacial score (nSPS) is 5.18. The van der Waals surface area contributed by atoms with E-state index in [1.165, 1.54) is 0 Å². The Hall–Kier alpha value is -0.700. The van der Waals surface area contributed by atoms with E-state index in [0.29, 0.717) is 0 Å². The number of hydrogen-bond donors (Lipinski definition) is 0. The number of rotatable bonds is 0. The zero-order valence-electron chi connectivity index (χ0n) is 9.02. The fraction of sp³-hybridized carbons (Fsp3) is 0.636. The molecule has 0 nitrogen and oxygen atoms in total. The van der Waals surface area contributed by atoms with E-state index in [0.717, 1.165) is 5.92 Å². The van der Waals surface area contributed by atoms with Crippen molar-refractivity contribution in [1.82, 2.24) is 0 Å². The summed E-state index contributed by atoms with van der Waals surface area (Å²) in [6, 6.07) is 0. The first kappa shape index (κ1) is 22.4. The van der Waals surface area contributed by atoms with E-state index in [2.05, 4.69) is 40.2 Å². The average molecular weight is 156 g/mol. The molecule has 0 aliphatic rings. The van der Waals surface area contributed by atoms with E-state index in [1.54, 1.807) is 6.08 Å². The molecule has 0 radical (unpaired) electrons. The molecule has 0 saturated carbocycles. The lowest BCUT2D eigenvalue weighted by atomic mass is 10.3. The summed E-state index contributed by atoms with van der Waals surface area (Å²) in [6.07, 6.45) is 9.75. The largest absolute Gasteiger partial charge is 0.124 e. The summed E-state index contributed by atoms with van der Waals surface area (Å²) < 4.78 is 0. The summed E-state index contributed by atoms with van der Waals surface area (Å²) in [5, 5.41) is 0. The Labute approximate surface area is 73.7 Å². The minimum Gasteiger partial charge on any atom is -0.124 e. The van der Waals surface area contributed by atoms with Crippen LogP contribution < -0.4 is 0 Å². The molecule has 68 valence electrons. The number of hydrogen-bond acceptors (Lipinski definition) is 0. The molecule has 0 aliphatic carbocycles. The van der Waals surface area contributed by atoms with Crippen molar-refractivity contribution in [3.63, 3.8) is 0 Å². The molecule has 0 atom stereocenters. The van der Waals surface area contributed by atoms with Crippen molar-refractivity contribution >= 4 is 0 Å². The summed E-state index contributed by atoms with van der Waals surface area (Å²) in [7, 11) is 0. The second-order valence-corrected chi connectivity index (χ2v) is 2.14. The highest BCUT2D eigenvalue weighted by molar-refractivity contribution is 4.51. The van der Waals surface area contributed by atoms with Crippen molar-refractivity contribution in [3.05, 3.63) is 12.7 Å². The van der Waals surface area contributed by atoms with Crippen LogP contribution in [0.2, 0.25) is 0 Å². The van der Waals surface area contributed by atoms with Gasteiger partial charge in [0.2, 0.25) is 0 Å². The molecule has 0 N–H and O–H groups in total. The van der Waals surface area contributed by atoms with E-state index in [-0.39, 0.29) is 0 Å². The van der Waals surface area contributed by atoms with Crippen molar-refractivity contribution in [1.29, 1.82) is 0 Å². The van der Waals surface area contributed by atoms with Gasteiger partial charge in [0, 0.05) is 0 Å². The molecule has 0 aromatic rings. The molecular formula is C11H24. The van der Waals surface area contributed by atoms with Gasteiger partial charge in [-0.25, -0.2) is 0 Å². The number of allylic oxidation sites excluding steroid dienone is 1. The van der Waals surface area contributed by atoms with Gasteiger partial charge in [-0.15, -0.1) is 19.4 Å². The summed E-state index contributed by atoms with van der Waals surface area (Å²) >= 11 is 0. The third-order valence-corrected chi connectivity index (χ3v) is 0. The summed E-state index contributed by atoms with van der Waals surface area (Å²) in [6.45, 7) is 15.7. The van der Waals surface area contributed by atoms with Crippen LogP contribution in [0, 0.1) is 18.8 Å². The Morgan fingerprint density at radius 3 is 1.09 bits per heavy atom. The van der Waals surface area contributed by atoms with Gasteiger partial charge < -0.3 is 0 Å². The fourth-order valence-corrected chi connectivity index (χ4v) is 0.